The van der Waals surface area contributed by atoms with Gasteiger partial charge in [0.25, 0.3) is 0 Å². The molecule has 1 aromatic carbocycles. The van der Waals surface area contributed by atoms with E-state index < -0.39 is 0 Å². The van der Waals surface area contributed by atoms with E-state index in [-0.39, 0.29) is 23.5 Å². The molecule has 2 aliphatic rings. The molecule has 0 bridgehead atoms. The number of thiophene rings is 1. The lowest BCUT2D eigenvalue weighted by Crippen LogP contribution is -2.54. The summed E-state index contributed by atoms with van der Waals surface area (Å²) in [5, 5.41) is 12.6. The molecular weight excluding hydrogens is 488 g/mol. The fourth-order valence-electron chi connectivity index (χ4n) is 5.98. The number of anilines is 2. The Morgan fingerprint density at radius 1 is 1.30 bits per heavy atom. The van der Waals surface area contributed by atoms with Crippen molar-refractivity contribution in [1.29, 1.82) is 0 Å². The number of hydrogen-bond acceptors (Lipinski definition) is 8. The number of methoxy groups -OCH3 is 1. The summed E-state index contributed by atoms with van der Waals surface area (Å²) in [6, 6.07) is 3.94. The number of rotatable bonds is 5. The fourth-order valence-corrected chi connectivity index (χ4v) is 7.31. The first-order valence-corrected chi connectivity index (χ1v) is 13.7. The molecule has 0 spiro atoms. The number of carbonyl (C=O) groups excluding carboxylic acids is 1. The van der Waals surface area contributed by atoms with Crippen LogP contribution in [0.15, 0.2) is 24.7 Å². The smallest absolute Gasteiger partial charge is 0.229 e. The molecule has 9 nitrogen and oxygen atoms in total. The van der Waals surface area contributed by atoms with Gasteiger partial charge in [-0.1, -0.05) is 6.92 Å². The van der Waals surface area contributed by atoms with Gasteiger partial charge in [0, 0.05) is 29.4 Å². The van der Waals surface area contributed by atoms with Crippen LogP contribution in [-0.2, 0) is 22.4 Å². The summed E-state index contributed by atoms with van der Waals surface area (Å²) in [6.07, 6.45) is 6.72. The van der Waals surface area contributed by atoms with Gasteiger partial charge in [-0.15, -0.1) is 11.3 Å². The Balaban J connectivity index is 1.34. The van der Waals surface area contributed by atoms with Crippen LogP contribution in [0.25, 0.3) is 21.1 Å². The zero-order valence-corrected chi connectivity index (χ0v) is 22.4. The van der Waals surface area contributed by atoms with Crippen LogP contribution in [0, 0.1) is 5.41 Å². The van der Waals surface area contributed by atoms with E-state index in [2.05, 4.69) is 32.4 Å². The molecule has 1 aliphatic heterocycles. The van der Waals surface area contributed by atoms with Gasteiger partial charge in [0.05, 0.1) is 47.5 Å². The largest absolute Gasteiger partial charge is 0.494 e. The van der Waals surface area contributed by atoms with Gasteiger partial charge in [-0.2, -0.15) is 5.10 Å². The third kappa shape index (κ3) is 4.12. The topological polar surface area (TPSA) is 105 Å². The first-order valence-electron chi connectivity index (χ1n) is 12.9. The number of amides is 1. The van der Waals surface area contributed by atoms with Gasteiger partial charge in [0.2, 0.25) is 5.91 Å². The summed E-state index contributed by atoms with van der Waals surface area (Å²) in [5.74, 6) is 1.73. The van der Waals surface area contributed by atoms with Crippen LogP contribution in [0.1, 0.15) is 44.1 Å². The number of fused-ring (bicyclic) bond motifs is 4. The zero-order chi connectivity index (χ0) is 25.7. The van der Waals surface area contributed by atoms with Crippen molar-refractivity contribution < 1.29 is 14.3 Å². The average molecular weight is 521 g/mol. The monoisotopic (exact) mass is 520 g/mol. The summed E-state index contributed by atoms with van der Waals surface area (Å²) in [5.41, 5.74) is 2.60. The standard InChI is InChI=1S/C27H32N6O3S/c1-5-27(26(34)33-12-15(2)36-16(3)13-33)7-6-18-22(10-27)37-25-23(18)24(28-14-29-25)31-20-8-17-11-30-32-19(17)9-21(20)35-4/h8-9,11,14-16H,5-7,10,12-13H2,1-4H3,(H,30,32)(H,28,29,31). The minimum Gasteiger partial charge on any atom is -0.494 e. The van der Waals surface area contributed by atoms with Crippen molar-refractivity contribution in [3.63, 3.8) is 0 Å². The first-order chi connectivity index (χ1) is 17.9. The molecule has 0 saturated carbocycles. The molecule has 1 fully saturated rings. The molecule has 10 heteroatoms. The molecule has 3 unspecified atom stereocenters. The minimum absolute atomic E-state index is 0.0623. The summed E-state index contributed by atoms with van der Waals surface area (Å²) in [4.78, 5) is 27.4. The van der Waals surface area contributed by atoms with Crippen molar-refractivity contribution in [2.24, 2.45) is 5.41 Å². The van der Waals surface area contributed by atoms with E-state index >= 15 is 0 Å². The molecule has 4 aromatic rings. The van der Waals surface area contributed by atoms with Crippen molar-refractivity contribution in [2.45, 2.75) is 58.7 Å². The second-order valence-electron chi connectivity index (χ2n) is 10.3. The quantitative estimate of drug-likeness (QED) is 0.388. The van der Waals surface area contributed by atoms with Crippen LogP contribution in [0.4, 0.5) is 11.5 Å². The minimum atomic E-state index is -0.388. The molecule has 4 heterocycles. The highest BCUT2D eigenvalue weighted by molar-refractivity contribution is 7.19. The predicted molar refractivity (Wildman–Crippen MR) is 145 cm³/mol. The zero-order valence-electron chi connectivity index (χ0n) is 21.6. The Bertz CT molecular complexity index is 1470. The van der Waals surface area contributed by atoms with E-state index in [0.29, 0.717) is 18.8 Å². The molecular formula is C27H32N6O3S. The number of morpholine rings is 1. The highest BCUT2D eigenvalue weighted by Gasteiger charge is 2.45. The predicted octanol–water partition coefficient (Wildman–Crippen LogP) is 4.84. The van der Waals surface area contributed by atoms with E-state index in [4.69, 9.17) is 9.47 Å². The average Bonchev–Trinajstić information content (AvgIpc) is 3.50. The Labute approximate surface area is 219 Å². The second-order valence-corrected chi connectivity index (χ2v) is 11.4. The number of benzene rings is 1. The van der Waals surface area contributed by atoms with E-state index in [1.807, 2.05) is 30.9 Å². The number of H-pyrrole nitrogens is 1. The van der Waals surface area contributed by atoms with E-state index in [1.165, 1.54) is 10.4 Å². The molecule has 1 saturated heterocycles. The third-order valence-electron chi connectivity index (χ3n) is 7.87. The van der Waals surface area contributed by atoms with E-state index in [1.54, 1.807) is 31.0 Å². The van der Waals surface area contributed by atoms with Crippen LogP contribution >= 0.6 is 11.3 Å². The number of aryl methyl sites for hydroxylation is 1. The van der Waals surface area contributed by atoms with Gasteiger partial charge in [-0.25, -0.2) is 9.97 Å². The van der Waals surface area contributed by atoms with Crippen LogP contribution in [0.3, 0.4) is 0 Å². The number of aromatic nitrogens is 4. The van der Waals surface area contributed by atoms with Crippen LogP contribution in [0.2, 0.25) is 0 Å². The number of nitrogens with one attached hydrogen (secondary N) is 2. The van der Waals surface area contributed by atoms with Gasteiger partial charge >= 0.3 is 0 Å². The Hall–Kier alpha value is -3.24. The highest BCUT2D eigenvalue weighted by Crippen LogP contribution is 2.47. The van der Waals surface area contributed by atoms with Crippen molar-refractivity contribution in [3.05, 3.63) is 35.1 Å². The number of carbonyl (C=O) groups is 1. The fraction of sp³-hybridized carbons (Fsp3) is 0.481. The Morgan fingerprint density at radius 3 is 2.86 bits per heavy atom. The van der Waals surface area contributed by atoms with Gasteiger partial charge in [-0.05, 0) is 51.2 Å². The number of nitrogens with zero attached hydrogens (tertiary/aromatic N) is 4. The maximum absolute atomic E-state index is 13.9. The normalized spacial score (nSPS) is 23.8. The van der Waals surface area contributed by atoms with Crippen LogP contribution in [0.5, 0.6) is 5.75 Å². The maximum Gasteiger partial charge on any atom is 0.229 e. The molecule has 6 rings (SSSR count). The molecule has 3 aromatic heterocycles. The van der Waals surface area contributed by atoms with Crippen LogP contribution < -0.4 is 10.1 Å². The van der Waals surface area contributed by atoms with Crippen molar-refractivity contribution in [1.82, 2.24) is 25.1 Å². The first kappa shape index (κ1) is 24.1. The lowest BCUT2D eigenvalue weighted by Gasteiger charge is -2.43. The van der Waals surface area contributed by atoms with E-state index in [0.717, 1.165) is 58.3 Å². The molecule has 1 amide bonds. The third-order valence-corrected chi connectivity index (χ3v) is 9.01. The van der Waals surface area contributed by atoms with Crippen molar-refractivity contribution >= 4 is 49.9 Å². The van der Waals surface area contributed by atoms with Crippen LogP contribution in [-0.4, -0.2) is 63.4 Å². The number of aromatic amines is 1. The SMILES string of the molecule is CCC1(C(=O)N2CC(C)OC(C)C2)CCc2c(sc3ncnc(Nc4cc5cn[nH]c5cc4OC)c23)C1. The molecule has 1 aliphatic carbocycles. The van der Waals surface area contributed by atoms with E-state index in [9.17, 15) is 4.79 Å². The Morgan fingerprint density at radius 2 is 2.11 bits per heavy atom. The molecule has 37 heavy (non-hydrogen) atoms. The summed E-state index contributed by atoms with van der Waals surface area (Å²) in [6.45, 7) is 7.56. The molecule has 2 N–H and O–H groups in total. The number of hydrogen-bond donors (Lipinski definition) is 2. The number of ether oxygens (including phenoxy) is 2. The lowest BCUT2D eigenvalue weighted by molar-refractivity contribution is -0.155. The van der Waals surface area contributed by atoms with Gasteiger partial charge in [0.1, 0.15) is 22.7 Å². The molecule has 0 radical (unpaired) electrons. The Kier molecular flexibility index (Phi) is 6.03. The molecule has 3 atom stereocenters. The molecule has 194 valence electrons. The summed E-state index contributed by atoms with van der Waals surface area (Å²) in [7, 11) is 1.65. The van der Waals surface area contributed by atoms with Crippen molar-refractivity contribution in [3.8, 4) is 5.75 Å². The summed E-state index contributed by atoms with van der Waals surface area (Å²) < 4.78 is 11.5. The summed E-state index contributed by atoms with van der Waals surface area (Å²) >= 11 is 1.69. The lowest BCUT2D eigenvalue weighted by atomic mass is 9.71. The second kappa shape index (κ2) is 9.25. The van der Waals surface area contributed by atoms with Gasteiger partial charge in [0.15, 0.2) is 0 Å². The highest BCUT2D eigenvalue weighted by atomic mass is 32.1. The maximum atomic E-state index is 13.9. The van der Waals surface area contributed by atoms with Gasteiger partial charge < -0.3 is 19.7 Å². The van der Waals surface area contributed by atoms with Gasteiger partial charge in [-0.3, -0.25) is 9.89 Å². The van der Waals surface area contributed by atoms with Crippen molar-refractivity contribution in [2.75, 3.05) is 25.5 Å².